The van der Waals surface area contributed by atoms with Gasteiger partial charge in [0.25, 0.3) is 0 Å². The van der Waals surface area contributed by atoms with Crippen LogP contribution < -0.4 is 4.74 Å². The standard InChI is InChI=1S/C17H25FO3/c1-15(2)10-13(16(3,4)21-15)17(5,19)14-11(18)8-7-9-12(14)20-6/h7-9,13,19H,10H2,1-6H3. The molecule has 0 spiro atoms. The van der Waals surface area contributed by atoms with Gasteiger partial charge in [-0.1, -0.05) is 6.07 Å². The van der Waals surface area contributed by atoms with Crippen molar-refractivity contribution >= 4 is 0 Å². The molecule has 1 aromatic rings. The summed E-state index contributed by atoms with van der Waals surface area (Å²) in [4.78, 5) is 0. The minimum absolute atomic E-state index is 0.201. The van der Waals surface area contributed by atoms with Crippen LogP contribution >= 0.6 is 0 Å². The Labute approximate surface area is 126 Å². The number of halogens is 1. The van der Waals surface area contributed by atoms with Crippen LogP contribution in [0.4, 0.5) is 4.39 Å². The Balaban J connectivity index is 2.53. The van der Waals surface area contributed by atoms with Crippen molar-refractivity contribution < 1.29 is 19.0 Å². The van der Waals surface area contributed by atoms with Crippen LogP contribution in [0, 0.1) is 11.7 Å². The maximum absolute atomic E-state index is 14.3. The Bertz CT molecular complexity index is 535. The van der Waals surface area contributed by atoms with Crippen LogP contribution in [0.1, 0.15) is 46.6 Å². The zero-order valence-corrected chi connectivity index (χ0v) is 13.7. The molecule has 1 saturated heterocycles. The molecule has 3 nitrogen and oxygen atoms in total. The van der Waals surface area contributed by atoms with Crippen molar-refractivity contribution in [2.75, 3.05) is 7.11 Å². The van der Waals surface area contributed by atoms with Gasteiger partial charge in [0.1, 0.15) is 11.6 Å². The highest BCUT2D eigenvalue weighted by atomic mass is 19.1. The molecule has 21 heavy (non-hydrogen) atoms. The van der Waals surface area contributed by atoms with Gasteiger partial charge in [0.05, 0.1) is 29.5 Å². The van der Waals surface area contributed by atoms with Gasteiger partial charge in [-0.25, -0.2) is 4.39 Å². The molecule has 0 aliphatic carbocycles. The van der Waals surface area contributed by atoms with E-state index < -0.39 is 17.0 Å². The van der Waals surface area contributed by atoms with Crippen LogP contribution in [-0.2, 0) is 10.3 Å². The summed E-state index contributed by atoms with van der Waals surface area (Å²) in [5, 5.41) is 11.1. The van der Waals surface area contributed by atoms with Crippen LogP contribution in [0.25, 0.3) is 0 Å². The number of methoxy groups -OCH3 is 1. The van der Waals surface area contributed by atoms with E-state index >= 15 is 0 Å². The molecule has 2 rings (SSSR count). The number of hydrogen-bond acceptors (Lipinski definition) is 3. The number of aliphatic hydroxyl groups is 1. The van der Waals surface area contributed by atoms with Crippen molar-refractivity contribution in [3.63, 3.8) is 0 Å². The van der Waals surface area contributed by atoms with Gasteiger partial charge < -0.3 is 14.6 Å². The molecule has 1 N–H and O–H groups in total. The van der Waals surface area contributed by atoms with Gasteiger partial charge in [0, 0.05) is 5.92 Å². The minimum Gasteiger partial charge on any atom is -0.496 e. The predicted molar refractivity (Wildman–Crippen MR) is 79.9 cm³/mol. The number of hydrogen-bond donors (Lipinski definition) is 1. The highest BCUT2D eigenvalue weighted by molar-refractivity contribution is 5.40. The first kappa shape index (κ1) is 16.2. The second kappa shape index (κ2) is 4.96. The summed E-state index contributed by atoms with van der Waals surface area (Å²) >= 11 is 0. The second-order valence-corrected chi connectivity index (χ2v) is 7.19. The number of rotatable bonds is 3. The zero-order valence-electron chi connectivity index (χ0n) is 13.7. The van der Waals surface area contributed by atoms with Gasteiger partial charge in [-0.15, -0.1) is 0 Å². The molecule has 1 aliphatic heterocycles. The molecule has 1 heterocycles. The van der Waals surface area contributed by atoms with E-state index in [1.54, 1.807) is 19.1 Å². The van der Waals surface area contributed by atoms with E-state index in [0.717, 1.165) is 0 Å². The Hall–Kier alpha value is -1.13. The fraction of sp³-hybridized carbons (Fsp3) is 0.647. The molecule has 0 aromatic heterocycles. The summed E-state index contributed by atoms with van der Waals surface area (Å²) < 4.78 is 25.6. The Kier molecular flexibility index (Phi) is 3.83. The molecule has 4 heteroatoms. The lowest BCUT2D eigenvalue weighted by Gasteiger charge is -2.38. The second-order valence-electron chi connectivity index (χ2n) is 7.19. The van der Waals surface area contributed by atoms with Gasteiger partial charge in [-0.2, -0.15) is 0 Å². The van der Waals surface area contributed by atoms with Crippen molar-refractivity contribution in [2.24, 2.45) is 5.92 Å². The maximum Gasteiger partial charge on any atom is 0.133 e. The average molecular weight is 296 g/mol. The van der Waals surface area contributed by atoms with E-state index in [9.17, 15) is 9.50 Å². The third-order valence-electron chi connectivity index (χ3n) is 4.45. The molecule has 2 atom stereocenters. The monoisotopic (exact) mass is 296 g/mol. The molecule has 1 aromatic carbocycles. The topological polar surface area (TPSA) is 38.7 Å². The normalized spacial score (nSPS) is 26.4. The SMILES string of the molecule is COc1cccc(F)c1C(C)(O)C1CC(C)(C)OC1(C)C. The molecule has 1 fully saturated rings. The lowest BCUT2D eigenvalue weighted by molar-refractivity contribution is -0.112. The Morgan fingerprint density at radius 1 is 1.33 bits per heavy atom. The molecule has 2 unspecified atom stereocenters. The minimum atomic E-state index is -1.38. The zero-order chi connectivity index (χ0) is 16.1. The van der Waals surface area contributed by atoms with Crippen LogP contribution in [0.2, 0.25) is 0 Å². The molecule has 0 radical (unpaired) electrons. The van der Waals surface area contributed by atoms with E-state index in [-0.39, 0.29) is 17.1 Å². The number of ether oxygens (including phenoxy) is 2. The first-order valence-electron chi connectivity index (χ1n) is 7.27. The first-order chi connectivity index (χ1) is 9.51. The average Bonchev–Trinajstić information content (AvgIpc) is 2.57. The van der Waals surface area contributed by atoms with Gasteiger partial charge in [0.2, 0.25) is 0 Å². The van der Waals surface area contributed by atoms with E-state index in [2.05, 4.69) is 0 Å². The van der Waals surface area contributed by atoms with Gasteiger partial charge in [-0.05, 0) is 53.2 Å². The van der Waals surface area contributed by atoms with Crippen molar-refractivity contribution in [2.45, 2.75) is 57.8 Å². The summed E-state index contributed by atoms with van der Waals surface area (Å²) in [6.45, 7) is 9.50. The van der Waals surface area contributed by atoms with Crippen LogP contribution in [0.3, 0.4) is 0 Å². The van der Waals surface area contributed by atoms with Crippen molar-refractivity contribution in [3.8, 4) is 5.75 Å². The van der Waals surface area contributed by atoms with E-state index in [1.165, 1.54) is 13.2 Å². The Morgan fingerprint density at radius 2 is 1.95 bits per heavy atom. The third kappa shape index (κ3) is 2.79. The lowest BCUT2D eigenvalue weighted by Crippen LogP contribution is -2.43. The first-order valence-corrected chi connectivity index (χ1v) is 7.27. The predicted octanol–water partition coefficient (Wildman–Crippen LogP) is 3.64. The van der Waals surface area contributed by atoms with Crippen molar-refractivity contribution in [1.82, 2.24) is 0 Å². The molecule has 0 amide bonds. The van der Waals surface area contributed by atoms with Crippen molar-refractivity contribution in [3.05, 3.63) is 29.6 Å². The highest BCUT2D eigenvalue weighted by Crippen LogP contribution is 2.52. The van der Waals surface area contributed by atoms with Gasteiger partial charge in [0.15, 0.2) is 0 Å². The summed E-state index contributed by atoms with van der Waals surface area (Å²) in [7, 11) is 1.48. The molecule has 0 saturated carbocycles. The maximum atomic E-state index is 14.3. The summed E-state index contributed by atoms with van der Waals surface area (Å²) in [6, 6.07) is 4.59. The van der Waals surface area contributed by atoms with Crippen LogP contribution in [0.5, 0.6) is 5.75 Å². The van der Waals surface area contributed by atoms with E-state index in [4.69, 9.17) is 9.47 Å². The molecule has 0 bridgehead atoms. The quantitative estimate of drug-likeness (QED) is 0.925. The third-order valence-corrected chi connectivity index (χ3v) is 4.45. The molecular formula is C17H25FO3. The van der Waals surface area contributed by atoms with E-state index in [0.29, 0.717) is 12.2 Å². The molecular weight excluding hydrogens is 271 g/mol. The van der Waals surface area contributed by atoms with Gasteiger partial charge >= 0.3 is 0 Å². The summed E-state index contributed by atoms with van der Waals surface area (Å²) in [6.07, 6.45) is 0.643. The highest BCUT2D eigenvalue weighted by Gasteiger charge is 2.55. The number of benzene rings is 1. The van der Waals surface area contributed by atoms with Gasteiger partial charge in [-0.3, -0.25) is 0 Å². The fourth-order valence-electron chi connectivity index (χ4n) is 3.78. The summed E-state index contributed by atoms with van der Waals surface area (Å²) in [5.41, 5.74) is -2.09. The van der Waals surface area contributed by atoms with E-state index in [1.807, 2.05) is 27.7 Å². The lowest BCUT2D eigenvalue weighted by atomic mass is 9.72. The smallest absolute Gasteiger partial charge is 0.133 e. The van der Waals surface area contributed by atoms with Crippen molar-refractivity contribution in [1.29, 1.82) is 0 Å². The fourth-order valence-corrected chi connectivity index (χ4v) is 3.78. The van der Waals surface area contributed by atoms with Crippen LogP contribution in [-0.4, -0.2) is 23.4 Å². The largest absolute Gasteiger partial charge is 0.496 e. The Morgan fingerprint density at radius 3 is 2.43 bits per heavy atom. The summed E-state index contributed by atoms with van der Waals surface area (Å²) in [5.74, 6) is -0.342. The molecule has 1 aliphatic rings. The molecule has 118 valence electrons. The van der Waals surface area contributed by atoms with Crippen LogP contribution in [0.15, 0.2) is 18.2 Å².